The summed E-state index contributed by atoms with van der Waals surface area (Å²) < 4.78 is 85.3. The third-order valence-corrected chi connectivity index (χ3v) is 7.57. The fraction of sp³-hybridized carbons (Fsp3) is 0.333. The minimum Gasteiger partial charge on any atom is -0.340 e. The van der Waals surface area contributed by atoms with Crippen molar-refractivity contribution >= 4 is 46.7 Å². The number of rotatable bonds is 5. The summed E-state index contributed by atoms with van der Waals surface area (Å²) in [5.41, 5.74) is -4.81. The summed E-state index contributed by atoms with van der Waals surface area (Å²) in [6.45, 7) is -1.23. The van der Waals surface area contributed by atoms with E-state index in [0.717, 1.165) is 21.9 Å². The predicted octanol–water partition coefficient (Wildman–Crippen LogP) is 6.83. The first kappa shape index (κ1) is 29.2. The van der Waals surface area contributed by atoms with Gasteiger partial charge in [-0.05, 0) is 36.2 Å². The van der Waals surface area contributed by atoms with Gasteiger partial charge in [0.2, 0.25) is 5.95 Å². The maximum atomic E-state index is 14.4. The molecule has 39 heavy (non-hydrogen) atoms. The first-order chi connectivity index (χ1) is 18.1. The molecule has 0 saturated carbocycles. The fourth-order valence-electron chi connectivity index (χ4n) is 4.35. The molecule has 208 valence electrons. The molecule has 1 aliphatic heterocycles. The van der Waals surface area contributed by atoms with E-state index in [9.17, 15) is 31.1 Å². The van der Waals surface area contributed by atoms with E-state index < -0.39 is 53.8 Å². The van der Waals surface area contributed by atoms with Gasteiger partial charge in [0.25, 0.3) is 5.91 Å². The van der Waals surface area contributed by atoms with Crippen LogP contribution in [0.5, 0.6) is 0 Å². The van der Waals surface area contributed by atoms with Gasteiger partial charge < -0.3 is 9.80 Å². The monoisotopic (exact) mass is 611 g/mol. The van der Waals surface area contributed by atoms with Crippen molar-refractivity contribution in [3.63, 3.8) is 0 Å². The summed E-state index contributed by atoms with van der Waals surface area (Å²) in [6.07, 6.45) is -8.32. The van der Waals surface area contributed by atoms with Crippen LogP contribution in [0.1, 0.15) is 33.7 Å². The Morgan fingerprint density at radius 1 is 1.08 bits per heavy atom. The molecule has 4 rings (SSSR count). The molecule has 1 aromatic carbocycles. The van der Waals surface area contributed by atoms with Gasteiger partial charge in [0.1, 0.15) is 5.41 Å². The normalized spacial score (nSPS) is 17.9. The molecule has 0 aliphatic carbocycles. The summed E-state index contributed by atoms with van der Waals surface area (Å²) in [5, 5.41) is -0.523. The molecule has 0 N–H and O–H groups in total. The molecule has 6 nitrogen and oxygen atoms in total. The predicted molar refractivity (Wildman–Crippen MR) is 133 cm³/mol. The molecule has 1 fully saturated rings. The summed E-state index contributed by atoms with van der Waals surface area (Å²) in [7, 11) is 1.28. The van der Waals surface area contributed by atoms with Crippen molar-refractivity contribution in [2.24, 2.45) is 0 Å². The lowest BCUT2D eigenvalue weighted by Gasteiger charge is -2.32. The number of aromatic nitrogens is 3. The number of pyridine rings is 1. The van der Waals surface area contributed by atoms with Gasteiger partial charge in [0, 0.05) is 32.5 Å². The lowest BCUT2D eigenvalue weighted by Crippen LogP contribution is -2.45. The molecule has 2 aromatic heterocycles. The van der Waals surface area contributed by atoms with Crippen LogP contribution in [0.25, 0.3) is 0 Å². The summed E-state index contributed by atoms with van der Waals surface area (Å²) in [6, 6.07) is 6.96. The SMILES string of the molecule is CN(Cc1ccccn1)C(=O)c1cnc(N2CCC(c3cc(Cl)c(Cl)c(Cl)c3)(C(F)(F)F)C2)nc1C(F)(F)F. The molecule has 1 amide bonds. The zero-order valence-corrected chi connectivity index (χ0v) is 22.2. The highest BCUT2D eigenvalue weighted by Crippen LogP contribution is 2.50. The highest BCUT2D eigenvalue weighted by atomic mass is 35.5. The Morgan fingerprint density at radius 2 is 1.74 bits per heavy atom. The maximum absolute atomic E-state index is 14.4. The van der Waals surface area contributed by atoms with E-state index in [1.54, 1.807) is 18.2 Å². The van der Waals surface area contributed by atoms with Crippen molar-refractivity contribution in [2.45, 2.75) is 30.7 Å². The molecule has 3 heterocycles. The van der Waals surface area contributed by atoms with Crippen LogP contribution < -0.4 is 4.90 Å². The van der Waals surface area contributed by atoms with E-state index in [2.05, 4.69) is 15.0 Å². The molecule has 0 radical (unpaired) electrons. The van der Waals surface area contributed by atoms with E-state index in [1.165, 1.54) is 13.2 Å². The molecule has 1 unspecified atom stereocenters. The molecule has 15 heteroatoms. The summed E-state index contributed by atoms with van der Waals surface area (Å²) >= 11 is 17.8. The molecule has 0 bridgehead atoms. The van der Waals surface area contributed by atoms with Gasteiger partial charge in [-0.3, -0.25) is 9.78 Å². The van der Waals surface area contributed by atoms with Gasteiger partial charge in [-0.25, -0.2) is 9.97 Å². The Kier molecular flexibility index (Phi) is 7.94. The number of carbonyl (C=O) groups excluding carboxylic acids is 1. The Hall–Kier alpha value is -2.83. The number of amides is 1. The van der Waals surface area contributed by atoms with Gasteiger partial charge in [0.15, 0.2) is 5.69 Å². The van der Waals surface area contributed by atoms with E-state index in [0.29, 0.717) is 11.9 Å². The van der Waals surface area contributed by atoms with E-state index in [4.69, 9.17) is 34.8 Å². The van der Waals surface area contributed by atoms with Crippen molar-refractivity contribution in [3.8, 4) is 0 Å². The van der Waals surface area contributed by atoms with Crippen molar-refractivity contribution in [1.29, 1.82) is 0 Å². The van der Waals surface area contributed by atoms with Crippen LogP contribution in [0.3, 0.4) is 0 Å². The second-order valence-corrected chi connectivity index (χ2v) is 10.1. The van der Waals surface area contributed by atoms with Crippen LogP contribution in [0.2, 0.25) is 15.1 Å². The van der Waals surface area contributed by atoms with Gasteiger partial charge in [-0.15, -0.1) is 0 Å². The number of benzene rings is 1. The smallest absolute Gasteiger partial charge is 0.340 e. The highest BCUT2D eigenvalue weighted by molar-refractivity contribution is 6.48. The number of alkyl halides is 6. The van der Waals surface area contributed by atoms with Crippen LogP contribution in [0.15, 0.2) is 42.7 Å². The first-order valence-electron chi connectivity index (χ1n) is 11.2. The van der Waals surface area contributed by atoms with E-state index in [-0.39, 0.29) is 33.7 Å². The van der Waals surface area contributed by atoms with Crippen LogP contribution in [-0.4, -0.2) is 52.1 Å². The van der Waals surface area contributed by atoms with Crippen molar-refractivity contribution in [2.75, 3.05) is 25.0 Å². The zero-order valence-electron chi connectivity index (χ0n) is 19.9. The van der Waals surface area contributed by atoms with Gasteiger partial charge in [-0.1, -0.05) is 40.9 Å². The Morgan fingerprint density at radius 3 is 2.31 bits per heavy atom. The standard InChI is InChI=1S/C24H18Cl3F6N5O/c1-37(11-14-4-2-3-6-34-14)20(39)15-10-35-21(36-19(15)23(28,29)30)38-7-5-22(12-38,24(31,32)33)13-8-16(25)18(27)17(26)9-13/h2-4,6,8-10H,5,7,11-12H2,1H3. The fourth-order valence-corrected chi connectivity index (χ4v) is 4.95. The van der Waals surface area contributed by atoms with Crippen molar-refractivity contribution in [1.82, 2.24) is 19.9 Å². The molecule has 0 spiro atoms. The number of carbonyl (C=O) groups is 1. The highest BCUT2D eigenvalue weighted by Gasteiger charge is 2.59. The third-order valence-electron chi connectivity index (χ3n) is 6.38. The van der Waals surface area contributed by atoms with Gasteiger partial charge in [-0.2, -0.15) is 26.3 Å². The maximum Gasteiger partial charge on any atom is 0.434 e. The van der Waals surface area contributed by atoms with Crippen LogP contribution >= 0.6 is 34.8 Å². The number of anilines is 1. The first-order valence-corrected chi connectivity index (χ1v) is 12.3. The van der Waals surface area contributed by atoms with Crippen LogP contribution in [0.4, 0.5) is 32.3 Å². The molecule has 1 saturated heterocycles. The topological polar surface area (TPSA) is 62.2 Å². The average Bonchev–Trinajstić information content (AvgIpc) is 3.33. The number of halogens is 9. The van der Waals surface area contributed by atoms with Gasteiger partial charge >= 0.3 is 12.4 Å². The van der Waals surface area contributed by atoms with Crippen LogP contribution in [-0.2, 0) is 18.1 Å². The number of hydrogen-bond acceptors (Lipinski definition) is 5. The minimum atomic E-state index is -5.09. The van der Waals surface area contributed by atoms with Gasteiger partial charge in [0.05, 0.1) is 32.9 Å². The minimum absolute atomic E-state index is 0.0921. The Labute approximate surface area is 233 Å². The quantitative estimate of drug-likeness (QED) is 0.233. The number of nitrogens with zero attached hydrogens (tertiary/aromatic N) is 5. The lowest BCUT2D eigenvalue weighted by molar-refractivity contribution is -0.184. The second kappa shape index (κ2) is 10.6. The summed E-state index contributed by atoms with van der Waals surface area (Å²) in [5.74, 6) is -1.64. The van der Waals surface area contributed by atoms with Crippen molar-refractivity contribution < 1.29 is 31.1 Å². The largest absolute Gasteiger partial charge is 0.434 e. The van der Waals surface area contributed by atoms with E-state index >= 15 is 0 Å². The number of hydrogen-bond donors (Lipinski definition) is 0. The molecule has 1 aliphatic rings. The zero-order chi connectivity index (χ0) is 28.8. The molecular formula is C24H18Cl3F6N5O. The molecular weight excluding hydrogens is 595 g/mol. The Bertz CT molecular complexity index is 1370. The average molecular weight is 613 g/mol. The third kappa shape index (κ3) is 5.73. The lowest BCUT2D eigenvalue weighted by atomic mass is 9.79. The molecule has 3 aromatic rings. The van der Waals surface area contributed by atoms with E-state index in [1.807, 2.05) is 0 Å². The second-order valence-electron chi connectivity index (χ2n) is 8.92. The van der Waals surface area contributed by atoms with Crippen LogP contribution in [0, 0.1) is 0 Å². The molecule has 1 atom stereocenters. The van der Waals surface area contributed by atoms with Crippen molar-refractivity contribution in [3.05, 3.63) is 80.3 Å². The Balaban J connectivity index is 1.68. The summed E-state index contributed by atoms with van der Waals surface area (Å²) in [4.78, 5) is 26.3.